The Morgan fingerprint density at radius 1 is 1.08 bits per heavy atom. The normalized spacial score (nSPS) is 20.2. The third kappa shape index (κ3) is 6.49. The lowest BCUT2D eigenvalue weighted by atomic mass is 9.95. The number of piperazine rings is 1. The molecular formula is C38H42ClN9O3. The molecule has 0 saturated carbocycles. The van der Waals surface area contributed by atoms with Crippen LogP contribution in [0, 0.1) is 11.3 Å². The summed E-state index contributed by atoms with van der Waals surface area (Å²) in [5, 5.41) is 16.6. The number of nitrogens with zero attached hydrogens (tertiary/aromatic N) is 9. The van der Waals surface area contributed by atoms with Crippen molar-refractivity contribution in [2.45, 2.75) is 70.0 Å². The molecule has 0 aliphatic carbocycles. The van der Waals surface area contributed by atoms with Gasteiger partial charge >= 0.3 is 6.01 Å². The van der Waals surface area contributed by atoms with Crippen molar-refractivity contribution in [2.75, 3.05) is 55.7 Å². The summed E-state index contributed by atoms with van der Waals surface area (Å²) in [7, 11) is 0. The zero-order chi connectivity index (χ0) is 35.0. The highest BCUT2D eigenvalue weighted by Gasteiger charge is 2.45. The number of fused-ring (bicyclic) bond motifs is 3. The van der Waals surface area contributed by atoms with E-state index in [4.69, 9.17) is 30.8 Å². The van der Waals surface area contributed by atoms with Crippen molar-refractivity contribution in [1.82, 2.24) is 29.9 Å². The second kappa shape index (κ2) is 14.1. The van der Waals surface area contributed by atoms with E-state index in [9.17, 15) is 10.1 Å². The number of carbonyl (C=O) groups excluding carboxylic acids is 1. The summed E-state index contributed by atoms with van der Waals surface area (Å²) >= 11 is 6.76. The molecule has 2 aromatic carbocycles. The number of benzene rings is 2. The van der Waals surface area contributed by atoms with E-state index < -0.39 is 0 Å². The van der Waals surface area contributed by atoms with Crippen molar-refractivity contribution >= 4 is 45.9 Å². The first kappa shape index (κ1) is 33.4. The summed E-state index contributed by atoms with van der Waals surface area (Å²) in [6, 6.07) is 14.7. The van der Waals surface area contributed by atoms with Gasteiger partial charge in [0.2, 0.25) is 5.91 Å². The molecule has 0 radical (unpaired) electrons. The van der Waals surface area contributed by atoms with Gasteiger partial charge in [0, 0.05) is 61.4 Å². The lowest BCUT2D eigenvalue weighted by Crippen LogP contribution is -2.55. The molecule has 4 aromatic rings. The Kier molecular flexibility index (Phi) is 9.25. The molecule has 3 fully saturated rings. The SMILES string of the molecule is CCc1noc(/C=C/C(=O)N2CCN(c3nc(OCC45CCCN4CCC5)nc4c3CCN(c3cccc5cccc(Cl)c35)C4)C[C@@H]2CC#N)n1. The predicted octanol–water partition coefficient (Wildman–Crippen LogP) is 5.44. The minimum absolute atomic E-state index is 0.0574. The summed E-state index contributed by atoms with van der Waals surface area (Å²) in [6.07, 6.45) is 9.21. The number of anilines is 2. The molecule has 0 spiro atoms. The van der Waals surface area contributed by atoms with Crippen LogP contribution in [0.4, 0.5) is 11.5 Å². The summed E-state index contributed by atoms with van der Waals surface area (Å²) in [5.41, 5.74) is 3.16. The van der Waals surface area contributed by atoms with E-state index >= 15 is 0 Å². The number of amides is 1. The molecule has 51 heavy (non-hydrogen) atoms. The Morgan fingerprint density at radius 2 is 1.90 bits per heavy atom. The minimum atomic E-state index is -0.327. The summed E-state index contributed by atoms with van der Waals surface area (Å²) in [5.74, 6) is 1.51. The number of carbonyl (C=O) groups is 1. The average Bonchev–Trinajstić information content (AvgIpc) is 3.89. The maximum Gasteiger partial charge on any atom is 0.318 e. The molecule has 0 N–H and O–H groups in total. The van der Waals surface area contributed by atoms with E-state index in [2.05, 4.69) is 55.2 Å². The molecule has 13 heteroatoms. The number of aryl methyl sites for hydroxylation is 1. The molecule has 2 aromatic heterocycles. The lowest BCUT2D eigenvalue weighted by Gasteiger charge is -2.42. The number of nitriles is 1. The van der Waals surface area contributed by atoms with Crippen LogP contribution >= 0.6 is 11.6 Å². The van der Waals surface area contributed by atoms with Crippen LogP contribution in [0.15, 0.2) is 47.0 Å². The average molecular weight is 708 g/mol. The van der Waals surface area contributed by atoms with Gasteiger partial charge in [-0.1, -0.05) is 47.9 Å². The number of hydrogen-bond acceptors (Lipinski definition) is 11. The fraction of sp³-hybridized carbons (Fsp3) is 0.474. The van der Waals surface area contributed by atoms with Gasteiger partial charge in [-0.2, -0.15) is 20.2 Å². The molecule has 3 saturated heterocycles. The fourth-order valence-electron chi connectivity index (χ4n) is 8.45. The van der Waals surface area contributed by atoms with Gasteiger partial charge in [-0.25, -0.2) is 0 Å². The Morgan fingerprint density at radius 3 is 2.69 bits per heavy atom. The van der Waals surface area contributed by atoms with Crippen LogP contribution in [0.5, 0.6) is 6.01 Å². The highest BCUT2D eigenvalue weighted by atomic mass is 35.5. The van der Waals surface area contributed by atoms with E-state index in [-0.39, 0.29) is 29.8 Å². The Balaban J connectivity index is 1.09. The van der Waals surface area contributed by atoms with E-state index in [0.717, 1.165) is 77.5 Å². The smallest absolute Gasteiger partial charge is 0.318 e. The molecule has 1 atom stereocenters. The van der Waals surface area contributed by atoms with Gasteiger partial charge < -0.3 is 24.0 Å². The zero-order valence-corrected chi connectivity index (χ0v) is 29.7. The molecule has 6 heterocycles. The van der Waals surface area contributed by atoms with Crippen LogP contribution in [0.25, 0.3) is 16.8 Å². The van der Waals surface area contributed by atoms with Crippen molar-refractivity contribution in [3.63, 3.8) is 0 Å². The Hall–Kier alpha value is -4.73. The molecule has 4 aliphatic rings. The minimum Gasteiger partial charge on any atom is -0.461 e. The van der Waals surface area contributed by atoms with Crippen LogP contribution < -0.4 is 14.5 Å². The molecule has 0 bridgehead atoms. The van der Waals surface area contributed by atoms with Crippen molar-refractivity contribution < 1.29 is 14.1 Å². The summed E-state index contributed by atoms with van der Waals surface area (Å²) < 4.78 is 11.8. The molecule has 8 rings (SSSR count). The largest absolute Gasteiger partial charge is 0.461 e. The third-order valence-electron chi connectivity index (χ3n) is 11.0. The molecule has 12 nitrogen and oxygen atoms in total. The number of hydrogen-bond donors (Lipinski definition) is 0. The maximum atomic E-state index is 13.4. The molecule has 0 unspecified atom stereocenters. The van der Waals surface area contributed by atoms with Gasteiger partial charge in [0.05, 0.1) is 41.3 Å². The van der Waals surface area contributed by atoms with Gasteiger partial charge in [-0.15, -0.1) is 0 Å². The van der Waals surface area contributed by atoms with Gasteiger partial charge in [-0.05, 0) is 62.7 Å². The lowest BCUT2D eigenvalue weighted by molar-refractivity contribution is -0.128. The van der Waals surface area contributed by atoms with Crippen molar-refractivity contribution in [1.29, 1.82) is 5.26 Å². The third-order valence-corrected chi connectivity index (χ3v) is 11.4. The topological polar surface area (TPSA) is 128 Å². The van der Waals surface area contributed by atoms with Crippen molar-refractivity contribution in [3.8, 4) is 12.1 Å². The van der Waals surface area contributed by atoms with Gasteiger partial charge in [0.1, 0.15) is 12.4 Å². The first-order chi connectivity index (χ1) is 24.9. The van der Waals surface area contributed by atoms with E-state index in [0.29, 0.717) is 51.0 Å². The summed E-state index contributed by atoms with van der Waals surface area (Å²) in [6.45, 7) is 7.57. The first-order valence-corrected chi connectivity index (χ1v) is 18.5. The number of rotatable bonds is 9. The molecule has 4 aliphatic heterocycles. The van der Waals surface area contributed by atoms with Crippen molar-refractivity contribution in [3.05, 3.63) is 70.5 Å². The van der Waals surface area contributed by atoms with E-state index in [1.54, 1.807) is 11.0 Å². The van der Waals surface area contributed by atoms with Crippen LogP contribution in [0.1, 0.15) is 62.0 Å². The summed E-state index contributed by atoms with van der Waals surface area (Å²) in [4.78, 5) is 36.8. The second-order valence-corrected chi connectivity index (χ2v) is 14.4. The van der Waals surface area contributed by atoms with Gasteiger partial charge in [-0.3, -0.25) is 9.69 Å². The number of halogens is 1. The highest BCUT2D eigenvalue weighted by Crippen LogP contribution is 2.40. The van der Waals surface area contributed by atoms with Crippen LogP contribution in [-0.2, 0) is 24.2 Å². The maximum absolute atomic E-state index is 13.4. The Labute approximate surface area is 302 Å². The number of ether oxygens (including phenoxy) is 1. The monoisotopic (exact) mass is 707 g/mol. The molecule has 264 valence electrons. The number of aromatic nitrogens is 4. The van der Waals surface area contributed by atoms with E-state index in [1.165, 1.54) is 18.9 Å². The van der Waals surface area contributed by atoms with Crippen LogP contribution in [0.2, 0.25) is 5.02 Å². The van der Waals surface area contributed by atoms with Crippen LogP contribution in [-0.4, -0.2) is 93.3 Å². The predicted molar refractivity (Wildman–Crippen MR) is 195 cm³/mol. The quantitative estimate of drug-likeness (QED) is 0.206. The molecule has 1 amide bonds. The first-order valence-electron chi connectivity index (χ1n) is 18.1. The fourth-order valence-corrected chi connectivity index (χ4v) is 8.73. The van der Waals surface area contributed by atoms with Crippen LogP contribution in [0.3, 0.4) is 0 Å². The zero-order valence-electron chi connectivity index (χ0n) is 28.9. The van der Waals surface area contributed by atoms with Crippen molar-refractivity contribution in [2.24, 2.45) is 0 Å². The van der Waals surface area contributed by atoms with Gasteiger partial charge in [0.15, 0.2) is 5.82 Å². The second-order valence-electron chi connectivity index (χ2n) is 14.0. The Bertz CT molecular complexity index is 1990. The highest BCUT2D eigenvalue weighted by molar-refractivity contribution is 6.36. The van der Waals surface area contributed by atoms with Gasteiger partial charge in [0.25, 0.3) is 5.89 Å². The van der Waals surface area contributed by atoms with E-state index in [1.807, 2.05) is 19.1 Å². The molecular weight excluding hydrogens is 666 g/mol. The standard InChI is InChI=1S/C38H42ClN9O3/c1-2-32-42-33(51-44-32)11-12-34(49)48-22-21-46(23-27(48)13-17-40)36-28-14-20-45(31-10-4-8-26-7-3-9-29(39)35(26)31)24-30(28)41-37(43-36)50-25-38-15-5-18-47(38)19-6-16-38/h3-4,7-12,27H,2,5-6,13-16,18-25H2,1H3/b12-11+/t27-/m0/s1.